The molecule has 50 heavy (non-hydrogen) atoms. The van der Waals surface area contributed by atoms with Gasteiger partial charge in [-0.2, -0.15) is 0 Å². The first kappa shape index (κ1) is 42.1. The standard InChI is InChI=1S/C41H68N2O6Si/c1-7-8-9-10-11-12-13-14-15-16-17-18-19-20-21-25-30-48-39(37(45)34-26-23-22-24-27-34)50(6,41(3,4)5)43-38(46)33(2)31-42(40(43)47)36-29-28-35(32-44)49-36/h22-24,26-27,31,35-36,39,44H,7-21,25,28-30,32H2,1-6H3/t35-,36+,39?,50?/m0/s1. The maximum absolute atomic E-state index is 14.4. The monoisotopic (exact) mass is 712 g/mol. The van der Waals surface area contributed by atoms with Crippen LogP contribution in [0.2, 0.25) is 11.6 Å². The van der Waals surface area contributed by atoms with Crippen molar-refractivity contribution in [2.45, 2.75) is 180 Å². The zero-order valence-electron chi connectivity index (χ0n) is 32.2. The SMILES string of the molecule is CCCCCCCCCCCCCCCCCCOC(C(=O)c1ccccc1)[Si](C)(n1c(=O)c(C)cn([C@H]2CC[C@@H](CO)O2)c1=O)C(C)(C)C. The average molecular weight is 713 g/mol. The van der Waals surface area contributed by atoms with Gasteiger partial charge < -0.3 is 14.6 Å². The third-order valence-electron chi connectivity index (χ3n) is 11.0. The molecule has 0 saturated carbocycles. The zero-order valence-corrected chi connectivity index (χ0v) is 33.2. The Morgan fingerprint density at radius 1 is 0.880 bits per heavy atom. The van der Waals surface area contributed by atoms with Crippen LogP contribution in [0.15, 0.2) is 46.1 Å². The number of aromatic nitrogens is 2. The van der Waals surface area contributed by atoms with Crippen LogP contribution in [0.3, 0.4) is 0 Å². The molecular weight excluding hydrogens is 645 g/mol. The lowest BCUT2D eigenvalue weighted by atomic mass is 10.0. The predicted molar refractivity (Wildman–Crippen MR) is 207 cm³/mol. The van der Waals surface area contributed by atoms with E-state index in [2.05, 4.69) is 6.92 Å². The molecule has 0 spiro atoms. The summed E-state index contributed by atoms with van der Waals surface area (Å²) < 4.78 is 15.5. The molecule has 2 aromatic rings. The highest BCUT2D eigenvalue weighted by Gasteiger charge is 2.55. The number of hydrogen-bond donors (Lipinski definition) is 1. The highest BCUT2D eigenvalue weighted by Crippen LogP contribution is 2.40. The summed E-state index contributed by atoms with van der Waals surface area (Å²) in [6.45, 7) is 12.2. The fourth-order valence-corrected chi connectivity index (χ4v) is 11.2. The van der Waals surface area contributed by atoms with Gasteiger partial charge in [0.25, 0.3) is 5.56 Å². The van der Waals surface area contributed by atoms with Gasteiger partial charge in [-0.15, -0.1) is 0 Å². The Morgan fingerprint density at radius 2 is 1.40 bits per heavy atom. The number of ether oxygens (including phenoxy) is 2. The second-order valence-electron chi connectivity index (χ2n) is 15.8. The molecule has 2 unspecified atom stereocenters. The Bertz CT molecular complexity index is 1400. The minimum absolute atomic E-state index is 0.126. The summed E-state index contributed by atoms with van der Waals surface area (Å²) in [5.41, 5.74) is -0.892. The molecule has 0 radical (unpaired) electrons. The second-order valence-corrected chi connectivity index (χ2v) is 20.6. The second kappa shape index (κ2) is 21.3. The number of Topliss-reactive ketones (excluding diaryl/α,β-unsaturated/α-hetero) is 1. The van der Waals surface area contributed by atoms with Gasteiger partial charge in [0.1, 0.15) is 12.0 Å². The topological polar surface area (TPSA) is 99.8 Å². The van der Waals surface area contributed by atoms with E-state index in [4.69, 9.17) is 9.47 Å². The summed E-state index contributed by atoms with van der Waals surface area (Å²) in [4.78, 5) is 42.7. The first-order valence-corrected chi connectivity index (χ1v) is 22.3. The molecular formula is C41H68N2O6Si. The Morgan fingerprint density at radius 3 is 1.88 bits per heavy atom. The molecule has 1 aliphatic heterocycles. The number of aliphatic hydroxyl groups is 1. The van der Waals surface area contributed by atoms with Crippen molar-refractivity contribution in [3.05, 3.63) is 68.5 Å². The summed E-state index contributed by atoms with van der Waals surface area (Å²) in [6, 6.07) is 9.09. The number of carbonyl (C=O) groups excluding carboxylic acids is 1. The van der Waals surface area contributed by atoms with Crippen molar-refractivity contribution in [3.8, 4) is 0 Å². The number of benzene rings is 1. The van der Waals surface area contributed by atoms with Crippen LogP contribution < -0.4 is 11.2 Å². The molecule has 1 saturated heterocycles. The zero-order chi connectivity index (χ0) is 36.6. The van der Waals surface area contributed by atoms with E-state index in [1.807, 2.05) is 45.5 Å². The van der Waals surface area contributed by atoms with Crippen LogP contribution in [0, 0.1) is 6.92 Å². The molecule has 1 aromatic carbocycles. The van der Waals surface area contributed by atoms with Gasteiger partial charge in [-0.1, -0.05) is 154 Å². The minimum Gasteiger partial charge on any atom is -0.394 e. The molecule has 1 fully saturated rings. The van der Waals surface area contributed by atoms with Crippen LogP contribution in [-0.2, 0) is 9.47 Å². The summed E-state index contributed by atoms with van der Waals surface area (Å²) in [5.74, 6) is -0.192. The Hall–Kier alpha value is -2.33. The van der Waals surface area contributed by atoms with E-state index in [1.54, 1.807) is 25.3 Å². The lowest BCUT2D eigenvalue weighted by molar-refractivity contribution is -0.0250. The molecule has 1 N–H and O–H groups in total. The number of aryl methyl sites for hydroxylation is 1. The van der Waals surface area contributed by atoms with E-state index in [0.29, 0.717) is 30.6 Å². The Labute approximate surface area is 303 Å². The molecule has 0 amide bonds. The van der Waals surface area contributed by atoms with Gasteiger partial charge in [0.05, 0.1) is 12.7 Å². The molecule has 0 aliphatic carbocycles. The molecule has 4 atom stereocenters. The normalized spacial score (nSPS) is 18.3. The highest BCUT2D eigenvalue weighted by molar-refractivity contribution is 6.84. The van der Waals surface area contributed by atoms with E-state index in [0.717, 1.165) is 19.3 Å². The fourth-order valence-electron chi connectivity index (χ4n) is 7.28. The number of rotatable bonds is 24. The molecule has 8 nitrogen and oxygen atoms in total. The highest BCUT2D eigenvalue weighted by atomic mass is 28.3. The van der Waals surface area contributed by atoms with Gasteiger partial charge in [-0.25, -0.2) is 4.79 Å². The summed E-state index contributed by atoms with van der Waals surface area (Å²) in [5, 5.41) is 9.06. The number of hydrogen-bond acceptors (Lipinski definition) is 6. The van der Waals surface area contributed by atoms with Crippen molar-refractivity contribution in [1.82, 2.24) is 8.80 Å². The van der Waals surface area contributed by atoms with Crippen LogP contribution >= 0.6 is 0 Å². The van der Waals surface area contributed by atoms with Crippen LogP contribution in [0.25, 0.3) is 0 Å². The smallest absolute Gasteiger partial charge is 0.325 e. The quantitative estimate of drug-likeness (QED) is 0.0662. The Kier molecular flexibility index (Phi) is 17.9. The van der Waals surface area contributed by atoms with E-state index in [9.17, 15) is 19.5 Å². The molecule has 282 valence electrons. The molecule has 9 heteroatoms. The van der Waals surface area contributed by atoms with Gasteiger partial charge in [0.2, 0.25) is 8.24 Å². The molecule has 1 aliphatic rings. The van der Waals surface area contributed by atoms with Crippen LogP contribution in [0.5, 0.6) is 0 Å². The lowest BCUT2D eigenvalue weighted by Gasteiger charge is -2.45. The van der Waals surface area contributed by atoms with E-state index >= 15 is 0 Å². The van der Waals surface area contributed by atoms with Crippen LogP contribution in [0.1, 0.15) is 165 Å². The fraction of sp³-hybridized carbons (Fsp3) is 0.732. The maximum atomic E-state index is 14.4. The van der Waals surface area contributed by atoms with E-state index in [1.165, 1.54) is 92.3 Å². The first-order chi connectivity index (χ1) is 24.0. The molecule has 3 rings (SSSR count). The van der Waals surface area contributed by atoms with Gasteiger partial charge in [0, 0.05) is 23.9 Å². The Balaban J connectivity index is 1.66. The van der Waals surface area contributed by atoms with Crippen LogP contribution in [0.4, 0.5) is 0 Å². The number of unbranched alkanes of at least 4 members (excludes halogenated alkanes) is 15. The molecule has 2 heterocycles. The van der Waals surface area contributed by atoms with Crippen molar-refractivity contribution in [3.63, 3.8) is 0 Å². The summed E-state index contributed by atoms with van der Waals surface area (Å²) in [7, 11) is -3.45. The van der Waals surface area contributed by atoms with Crippen molar-refractivity contribution >= 4 is 14.0 Å². The van der Waals surface area contributed by atoms with E-state index in [-0.39, 0.29) is 24.1 Å². The third kappa shape index (κ3) is 11.6. The van der Waals surface area contributed by atoms with Gasteiger partial charge in [-0.05, 0) is 37.8 Å². The van der Waals surface area contributed by atoms with Gasteiger partial charge in [0.15, 0.2) is 5.78 Å². The van der Waals surface area contributed by atoms with E-state index < -0.39 is 30.9 Å². The first-order valence-electron chi connectivity index (χ1n) is 19.8. The maximum Gasteiger partial charge on any atom is 0.325 e. The lowest BCUT2D eigenvalue weighted by Crippen LogP contribution is -2.69. The number of carbonyl (C=O) groups is 1. The van der Waals surface area contributed by atoms with Crippen LogP contribution in [-0.4, -0.2) is 53.0 Å². The summed E-state index contributed by atoms with van der Waals surface area (Å²) >= 11 is 0. The minimum atomic E-state index is -3.45. The van der Waals surface area contributed by atoms with Gasteiger partial charge >= 0.3 is 5.69 Å². The van der Waals surface area contributed by atoms with Crippen molar-refractivity contribution < 1.29 is 19.4 Å². The summed E-state index contributed by atoms with van der Waals surface area (Å²) in [6.07, 6.45) is 22.2. The number of aliphatic hydroxyl groups excluding tert-OH is 1. The largest absolute Gasteiger partial charge is 0.394 e. The van der Waals surface area contributed by atoms with Crippen molar-refractivity contribution in [1.29, 1.82) is 0 Å². The number of nitrogens with zero attached hydrogens (tertiary/aromatic N) is 2. The molecule has 1 aromatic heterocycles. The average Bonchev–Trinajstić information content (AvgIpc) is 3.58. The predicted octanol–water partition coefficient (Wildman–Crippen LogP) is 9.28. The van der Waals surface area contributed by atoms with Crippen molar-refractivity contribution in [2.24, 2.45) is 0 Å². The van der Waals surface area contributed by atoms with Gasteiger partial charge in [-0.3, -0.25) is 18.4 Å². The third-order valence-corrected chi connectivity index (χ3v) is 16.8. The number of ketones is 1. The van der Waals surface area contributed by atoms with Crippen molar-refractivity contribution in [2.75, 3.05) is 13.2 Å². The molecule has 0 bridgehead atoms.